The second kappa shape index (κ2) is 9.78. The second-order valence-electron chi connectivity index (χ2n) is 7.93. The van der Waals surface area contributed by atoms with E-state index >= 15 is 0 Å². The summed E-state index contributed by atoms with van der Waals surface area (Å²) in [6, 6.07) is 8.06. The first-order chi connectivity index (χ1) is 15.9. The third kappa shape index (κ3) is 5.17. The zero-order valence-corrected chi connectivity index (χ0v) is 18.2. The highest BCUT2D eigenvalue weighted by Gasteiger charge is 2.24. The highest BCUT2D eigenvalue weighted by atomic mass is 19.1. The van der Waals surface area contributed by atoms with Crippen LogP contribution < -0.4 is 26.8 Å². The summed E-state index contributed by atoms with van der Waals surface area (Å²) >= 11 is 0. The lowest BCUT2D eigenvalue weighted by Gasteiger charge is -2.30. The topological polar surface area (TPSA) is 141 Å². The Morgan fingerprint density at radius 2 is 1.97 bits per heavy atom. The Kier molecular flexibility index (Phi) is 6.64. The van der Waals surface area contributed by atoms with Crippen LogP contribution in [0.15, 0.2) is 42.7 Å². The van der Waals surface area contributed by atoms with Gasteiger partial charge in [-0.3, -0.25) is 9.78 Å². The molecule has 3 aromatic rings. The number of nitrogens with zero attached hydrogens (tertiary/aromatic N) is 3. The molecule has 0 aromatic carbocycles. The van der Waals surface area contributed by atoms with Crippen molar-refractivity contribution >= 4 is 23.2 Å². The fourth-order valence-electron chi connectivity index (χ4n) is 3.86. The molecule has 1 saturated carbocycles. The molecule has 3 aromatic heterocycles. The molecular formula is C23H26FN7O2. The Morgan fingerprint density at radius 1 is 1.15 bits per heavy atom. The predicted octanol–water partition coefficient (Wildman–Crippen LogP) is 3.21. The minimum absolute atomic E-state index is 0.0171. The van der Waals surface area contributed by atoms with Crippen molar-refractivity contribution in [2.75, 3.05) is 17.7 Å². The lowest BCUT2D eigenvalue weighted by molar-refractivity contribution is 0.100. The highest BCUT2D eigenvalue weighted by Crippen LogP contribution is 2.28. The van der Waals surface area contributed by atoms with Crippen molar-refractivity contribution in [1.29, 1.82) is 0 Å². The highest BCUT2D eigenvalue weighted by molar-refractivity contribution is 5.98. The Hall–Kier alpha value is -3.79. The monoisotopic (exact) mass is 451 g/mol. The fraction of sp³-hybridized carbons (Fsp3) is 0.304. The number of nitrogens with one attached hydrogen (secondary N) is 2. The summed E-state index contributed by atoms with van der Waals surface area (Å²) in [6.07, 6.45) is 6.95. The van der Waals surface area contributed by atoms with Crippen molar-refractivity contribution in [3.05, 3.63) is 54.1 Å². The van der Waals surface area contributed by atoms with Gasteiger partial charge >= 0.3 is 0 Å². The van der Waals surface area contributed by atoms with Crippen LogP contribution in [0.25, 0.3) is 11.3 Å². The number of aromatic nitrogens is 3. The van der Waals surface area contributed by atoms with Gasteiger partial charge in [0.05, 0.1) is 30.3 Å². The quantitative estimate of drug-likeness (QED) is 0.429. The number of ether oxygens (including phenoxy) is 1. The van der Waals surface area contributed by atoms with Gasteiger partial charge in [-0.25, -0.2) is 14.4 Å². The molecule has 4 rings (SSSR count). The van der Waals surface area contributed by atoms with Crippen LogP contribution >= 0.6 is 0 Å². The molecule has 0 bridgehead atoms. The number of hydrogen-bond donors (Lipinski definition) is 4. The van der Waals surface area contributed by atoms with Crippen LogP contribution in [-0.2, 0) is 0 Å². The molecule has 1 aliphatic rings. The first-order valence-corrected chi connectivity index (χ1v) is 10.7. The molecule has 0 aliphatic heterocycles. The minimum atomic E-state index is -0.802. The third-order valence-corrected chi connectivity index (χ3v) is 5.61. The fourth-order valence-corrected chi connectivity index (χ4v) is 3.86. The Balaban J connectivity index is 1.64. The van der Waals surface area contributed by atoms with Crippen molar-refractivity contribution in [1.82, 2.24) is 15.0 Å². The molecule has 10 heteroatoms. The van der Waals surface area contributed by atoms with E-state index in [0.29, 0.717) is 22.8 Å². The van der Waals surface area contributed by atoms with Crippen LogP contribution in [0.4, 0.5) is 21.7 Å². The first-order valence-electron chi connectivity index (χ1n) is 10.7. The van der Waals surface area contributed by atoms with Gasteiger partial charge in [-0.1, -0.05) is 18.9 Å². The van der Waals surface area contributed by atoms with E-state index in [2.05, 4.69) is 25.6 Å². The minimum Gasteiger partial charge on any atom is -0.481 e. The van der Waals surface area contributed by atoms with Gasteiger partial charge in [-0.2, -0.15) is 0 Å². The number of halogens is 1. The van der Waals surface area contributed by atoms with Gasteiger partial charge in [0.2, 0.25) is 5.88 Å². The van der Waals surface area contributed by atoms with Crippen molar-refractivity contribution in [3.8, 4) is 17.1 Å². The molecular weight excluding hydrogens is 425 g/mol. The number of carbonyl (C=O) groups excluding carboxylic acids is 1. The van der Waals surface area contributed by atoms with E-state index in [4.69, 9.17) is 16.2 Å². The van der Waals surface area contributed by atoms with E-state index in [1.165, 1.54) is 0 Å². The molecule has 33 heavy (non-hydrogen) atoms. The van der Waals surface area contributed by atoms with E-state index in [0.717, 1.165) is 31.7 Å². The maximum atomic E-state index is 14.7. The van der Waals surface area contributed by atoms with Gasteiger partial charge in [0.25, 0.3) is 5.91 Å². The molecule has 1 aliphatic carbocycles. The van der Waals surface area contributed by atoms with Gasteiger partial charge in [-0.15, -0.1) is 0 Å². The number of primary amides is 1. The van der Waals surface area contributed by atoms with Crippen LogP contribution in [0.2, 0.25) is 0 Å². The zero-order chi connectivity index (χ0) is 23.4. The normalized spacial score (nSPS) is 17.9. The van der Waals surface area contributed by atoms with Crippen LogP contribution in [0.1, 0.15) is 36.0 Å². The van der Waals surface area contributed by atoms with Crippen molar-refractivity contribution in [2.45, 2.75) is 37.8 Å². The summed E-state index contributed by atoms with van der Waals surface area (Å²) in [6.45, 7) is 0. The average Bonchev–Trinajstić information content (AvgIpc) is 2.82. The lowest BCUT2D eigenvalue weighted by Crippen LogP contribution is -2.43. The summed E-state index contributed by atoms with van der Waals surface area (Å²) in [4.78, 5) is 24.9. The molecule has 1 fully saturated rings. The van der Waals surface area contributed by atoms with E-state index in [1.807, 2.05) is 12.1 Å². The van der Waals surface area contributed by atoms with Gasteiger partial charge in [0.15, 0.2) is 11.6 Å². The molecule has 0 saturated heterocycles. The van der Waals surface area contributed by atoms with Crippen molar-refractivity contribution in [2.24, 2.45) is 11.5 Å². The predicted molar refractivity (Wildman–Crippen MR) is 124 cm³/mol. The van der Waals surface area contributed by atoms with Gasteiger partial charge in [-0.05, 0) is 31.0 Å². The van der Waals surface area contributed by atoms with Crippen molar-refractivity contribution < 1.29 is 13.9 Å². The number of pyridine rings is 3. The number of carbonyl (C=O) groups is 1. The second-order valence-corrected chi connectivity index (χ2v) is 7.93. The standard InChI is InChI=1S/C23H26FN7O2/c1-33-20-8-4-7-18(29-20)13-9-14(12-27-11-13)28-22-15(21(26)32)10-16(24)23(31-22)30-19-6-3-2-5-17(19)25/h4,7-12,17,19H,2-3,5-6,25H2,1H3,(H2,26,32)(H2,28,30,31)/t17-,19+/m1/s1. The molecule has 0 unspecified atom stereocenters. The number of methoxy groups -OCH3 is 1. The summed E-state index contributed by atoms with van der Waals surface area (Å²) in [5, 5.41) is 6.14. The molecule has 3 heterocycles. The Bertz CT molecular complexity index is 1160. The number of hydrogen-bond acceptors (Lipinski definition) is 8. The summed E-state index contributed by atoms with van der Waals surface area (Å²) < 4.78 is 19.9. The zero-order valence-electron chi connectivity index (χ0n) is 18.2. The van der Waals surface area contributed by atoms with Crippen LogP contribution in [0, 0.1) is 5.82 Å². The van der Waals surface area contributed by atoms with Gasteiger partial charge in [0, 0.05) is 29.9 Å². The molecule has 0 spiro atoms. The lowest BCUT2D eigenvalue weighted by atomic mass is 9.91. The van der Waals surface area contributed by atoms with Gasteiger partial charge in [0.1, 0.15) is 5.82 Å². The number of amides is 1. The number of anilines is 3. The smallest absolute Gasteiger partial charge is 0.252 e. The number of rotatable bonds is 7. The largest absolute Gasteiger partial charge is 0.481 e. The third-order valence-electron chi connectivity index (χ3n) is 5.61. The maximum absolute atomic E-state index is 14.7. The van der Waals surface area contributed by atoms with Crippen LogP contribution in [-0.4, -0.2) is 40.1 Å². The summed E-state index contributed by atoms with van der Waals surface area (Å²) in [5.41, 5.74) is 13.5. The van der Waals surface area contributed by atoms with E-state index in [9.17, 15) is 9.18 Å². The first kappa shape index (κ1) is 22.4. The molecule has 1 amide bonds. The molecule has 2 atom stereocenters. The molecule has 6 N–H and O–H groups in total. The summed E-state index contributed by atoms with van der Waals surface area (Å²) in [7, 11) is 1.54. The molecule has 9 nitrogen and oxygen atoms in total. The number of nitrogens with two attached hydrogens (primary N) is 2. The van der Waals surface area contributed by atoms with Crippen LogP contribution in [0.5, 0.6) is 5.88 Å². The average molecular weight is 452 g/mol. The van der Waals surface area contributed by atoms with E-state index < -0.39 is 11.7 Å². The van der Waals surface area contributed by atoms with E-state index in [1.54, 1.807) is 31.6 Å². The Labute approximate surface area is 190 Å². The Morgan fingerprint density at radius 3 is 2.73 bits per heavy atom. The van der Waals surface area contributed by atoms with Crippen molar-refractivity contribution in [3.63, 3.8) is 0 Å². The van der Waals surface area contributed by atoms with Crippen LogP contribution in [0.3, 0.4) is 0 Å². The van der Waals surface area contributed by atoms with Gasteiger partial charge < -0.3 is 26.8 Å². The summed E-state index contributed by atoms with van der Waals surface area (Å²) in [5.74, 6) is -0.863. The molecule has 172 valence electrons. The van der Waals surface area contributed by atoms with E-state index in [-0.39, 0.29) is 29.3 Å². The molecule has 0 radical (unpaired) electrons. The maximum Gasteiger partial charge on any atom is 0.252 e. The SMILES string of the molecule is COc1cccc(-c2cncc(Nc3nc(N[C@H]4CCCC[C@H]4N)c(F)cc3C(N)=O)c2)n1.